The number of anilines is 1. The Labute approximate surface area is 130 Å². The zero-order valence-electron chi connectivity index (χ0n) is 12.6. The fourth-order valence-corrected chi connectivity index (χ4v) is 3.81. The van der Waals surface area contributed by atoms with E-state index in [1.165, 1.54) is 0 Å². The fourth-order valence-electron chi connectivity index (χ4n) is 2.86. The van der Waals surface area contributed by atoms with E-state index in [1.807, 2.05) is 48.7 Å². The Morgan fingerprint density at radius 3 is 3.14 bits per heavy atom. The molecule has 2 unspecified atom stereocenters. The van der Waals surface area contributed by atoms with Crippen LogP contribution in [0.5, 0.6) is 5.75 Å². The first-order valence-corrected chi connectivity index (χ1v) is 8.68. The zero-order chi connectivity index (χ0) is 14.8. The first kappa shape index (κ1) is 14.7. The predicted molar refractivity (Wildman–Crippen MR) is 87.4 cm³/mol. The van der Waals surface area contributed by atoms with E-state index < -0.39 is 0 Å². The number of hydrogen-bond acceptors (Lipinski definition) is 4. The van der Waals surface area contributed by atoms with E-state index in [0.717, 1.165) is 35.1 Å². The molecule has 0 radical (unpaired) electrons. The Morgan fingerprint density at radius 2 is 2.38 bits per heavy atom. The molecule has 1 N–H and O–H groups in total. The van der Waals surface area contributed by atoms with Crippen LogP contribution in [0, 0.1) is 6.92 Å². The molecule has 1 saturated heterocycles. The van der Waals surface area contributed by atoms with E-state index in [2.05, 4.69) is 5.32 Å². The number of carbonyl (C=O) groups is 1. The van der Waals surface area contributed by atoms with Crippen molar-refractivity contribution >= 4 is 23.4 Å². The number of rotatable bonds is 2. The van der Waals surface area contributed by atoms with Crippen molar-refractivity contribution in [2.24, 2.45) is 0 Å². The second kappa shape index (κ2) is 6.28. The Kier molecular flexibility index (Phi) is 4.40. The molecule has 21 heavy (non-hydrogen) atoms. The molecule has 0 spiro atoms. The minimum atomic E-state index is 0.0388. The smallest absolute Gasteiger partial charge is 0.228 e. The maximum Gasteiger partial charge on any atom is 0.228 e. The van der Waals surface area contributed by atoms with Crippen molar-refractivity contribution in [1.29, 1.82) is 0 Å². The van der Waals surface area contributed by atoms with E-state index >= 15 is 0 Å². The van der Waals surface area contributed by atoms with Gasteiger partial charge >= 0.3 is 0 Å². The van der Waals surface area contributed by atoms with Gasteiger partial charge in [-0.2, -0.15) is 11.8 Å². The highest BCUT2D eigenvalue weighted by Crippen LogP contribution is 2.34. The largest absolute Gasteiger partial charge is 0.487 e. The summed E-state index contributed by atoms with van der Waals surface area (Å²) < 4.78 is 5.87. The Morgan fingerprint density at radius 1 is 1.52 bits per heavy atom. The number of amides is 1. The van der Waals surface area contributed by atoms with Crippen LogP contribution in [0.4, 0.5) is 5.69 Å². The average Bonchev–Trinajstić information content (AvgIpc) is 2.47. The van der Waals surface area contributed by atoms with Crippen molar-refractivity contribution < 1.29 is 9.53 Å². The lowest BCUT2D eigenvalue weighted by Crippen LogP contribution is -2.46. The summed E-state index contributed by atoms with van der Waals surface area (Å²) in [5.74, 6) is 3.18. The maximum absolute atomic E-state index is 12.7. The third-order valence-electron chi connectivity index (χ3n) is 3.89. The number of aryl methyl sites for hydroxylation is 1. The van der Waals surface area contributed by atoms with Crippen molar-refractivity contribution in [3.63, 3.8) is 0 Å². The molecule has 0 aromatic heterocycles. The molecule has 5 heteroatoms. The molecular formula is C16H22N2O2S. The van der Waals surface area contributed by atoms with Gasteiger partial charge < -0.3 is 15.0 Å². The number of thioether (sulfide) groups is 1. The quantitative estimate of drug-likeness (QED) is 0.909. The summed E-state index contributed by atoms with van der Waals surface area (Å²) in [6, 6.07) is 6.34. The molecule has 3 rings (SSSR count). The summed E-state index contributed by atoms with van der Waals surface area (Å²) in [6.45, 7) is 5.69. The highest BCUT2D eigenvalue weighted by molar-refractivity contribution is 7.99. The third-order valence-corrected chi connectivity index (χ3v) is 5.03. The number of fused-ring (bicyclic) bond motifs is 1. The third kappa shape index (κ3) is 3.35. The van der Waals surface area contributed by atoms with Crippen LogP contribution < -0.4 is 15.0 Å². The average molecular weight is 306 g/mol. The molecule has 2 aliphatic heterocycles. The highest BCUT2D eigenvalue weighted by atomic mass is 32.2. The van der Waals surface area contributed by atoms with E-state index in [0.29, 0.717) is 19.0 Å². The van der Waals surface area contributed by atoms with E-state index in [1.54, 1.807) is 0 Å². The van der Waals surface area contributed by atoms with Gasteiger partial charge in [0.1, 0.15) is 11.9 Å². The van der Waals surface area contributed by atoms with Gasteiger partial charge in [0.15, 0.2) is 0 Å². The maximum atomic E-state index is 12.7. The topological polar surface area (TPSA) is 41.6 Å². The van der Waals surface area contributed by atoms with Crippen molar-refractivity contribution in [2.75, 3.05) is 29.5 Å². The van der Waals surface area contributed by atoms with E-state index in [4.69, 9.17) is 4.74 Å². The Hall–Kier alpha value is -1.20. The Bertz CT molecular complexity index is 529. The molecule has 2 heterocycles. The molecule has 0 aliphatic carbocycles. The predicted octanol–water partition coefficient (Wildman–Crippen LogP) is 2.20. The lowest BCUT2D eigenvalue weighted by molar-refractivity contribution is -0.119. The molecule has 1 fully saturated rings. The fraction of sp³-hybridized carbons (Fsp3) is 0.562. The van der Waals surface area contributed by atoms with E-state index in [9.17, 15) is 4.79 Å². The van der Waals surface area contributed by atoms with Gasteiger partial charge in [-0.15, -0.1) is 0 Å². The van der Waals surface area contributed by atoms with Gasteiger partial charge in [-0.1, -0.05) is 6.07 Å². The summed E-state index contributed by atoms with van der Waals surface area (Å²) in [6.07, 6.45) is 0.601. The van der Waals surface area contributed by atoms with Crippen LogP contribution in [0.2, 0.25) is 0 Å². The second-order valence-electron chi connectivity index (χ2n) is 5.83. The number of nitrogens with zero attached hydrogens (tertiary/aromatic N) is 1. The van der Waals surface area contributed by atoms with Crippen LogP contribution in [-0.4, -0.2) is 42.6 Å². The second-order valence-corrected chi connectivity index (χ2v) is 6.98. The lowest BCUT2D eigenvalue weighted by atomic mass is 10.1. The summed E-state index contributed by atoms with van der Waals surface area (Å²) in [5, 5.41) is 3.43. The molecule has 1 amide bonds. The van der Waals surface area contributed by atoms with Crippen molar-refractivity contribution in [3.05, 3.63) is 23.8 Å². The van der Waals surface area contributed by atoms with Crippen LogP contribution in [0.1, 0.15) is 18.9 Å². The standard InChI is InChI=1S/C16H22N2O2S/c1-11-3-4-14-15(7-11)20-12(2)9-18(14)16(19)8-13-10-21-6-5-17-13/h3-4,7,12-13,17H,5-6,8-10H2,1-2H3. The van der Waals surface area contributed by atoms with Crippen LogP contribution >= 0.6 is 11.8 Å². The number of carbonyl (C=O) groups excluding carboxylic acids is 1. The molecule has 2 atom stereocenters. The summed E-state index contributed by atoms with van der Waals surface area (Å²) in [4.78, 5) is 14.6. The lowest BCUT2D eigenvalue weighted by Gasteiger charge is -2.35. The summed E-state index contributed by atoms with van der Waals surface area (Å²) in [7, 11) is 0. The zero-order valence-corrected chi connectivity index (χ0v) is 13.4. The summed E-state index contributed by atoms with van der Waals surface area (Å²) in [5.41, 5.74) is 2.06. The van der Waals surface area contributed by atoms with Crippen LogP contribution in [0.25, 0.3) is 0 Å². The molecule has 114 valence electrons. The molecule has 0 saturated carbocycles. The van der Waals surface area contributed by atoms with Gasteiger partial charge in [0.25, 0.3) is 0 Å². The SMILES string of the molecule is Cc1ccc2c(c1)OC(C)CN2C(=O)CC1CSCCN1. The van der Waals surface area contributed by atoms with Gasteiger partial charge in [-0.25, -0.2) is 0 Å². The molecule has 2 aliphatic rings. The molecule has 0 bridgehead atoms. The first-order chi connectivity index (χ1) is 10.1. The first-order valence-electron chi connectivity index (χ1n) is 7.52. The minimum Gasteiger partial charge on any atom is -0.487 e. The number of ether oxygens (including phenoxy) is 1. The van der Waals surface area contributed by atoms with Crippen LogP contribution in [0.3, 0.4) is 0 Å². The monoisotopic (exact) mass is 306 g/mol. The normalized spacial score (nSPS) is 25.1. The van der Waals surface area contributed by atoms with Crippen LogP contribution in [0.15, 0.2) is 18.2 Å². The molecular weight excluding hydrogens is 284 g/mol. The van der Waals surface area contributed by atoms with Gasteiger partial charge in [0.2, 0.25) is 5.91 Å². The van der Waals surface area contributed by atoms with Gasteiger partial charge in [0, 0.05) is 30.5 Å². The summed E-state index contributed by atoms with van der Waals surface area (Å²) >= 11 is 1.92. The van der Waals surface area contributed by atoms with Gasteiger partial charge in [-0.05, 0) is 31.5 Å². The number of nitrogens with one attached hydrogen (secondary N) is 1. The van der Waals surface area contributed by atoms with Gasteiger partial charge in [-0.3, -0.25) is 4.79 Å². The van der Waals surface area contributed by atoms with Crippen molar-refractivity contribution in [3.8, 4) is 5.75 Å². The molecule has 1 aromatic rings. The number of benzene rings is 1. The number of hydrogen-bond donors (Lipinski definition) is 1. The molecule has 1 aromatic carbocycles. The highest BCUT2D eigenvalue weighted by Gasteiger charge is 2.29. The van der Waals surface area contributed by atoms with Gasteiger partial charge in [0.05, 0.1) is 12.2 Å². The minimum absolute atomic E-state index is 0.0388. The van der Waals surface area contributed by atoms with Crippen molar-refractivity contribution in [1.82, 2.24) is 5.32 Å². The van der Waals surface area contributed by atoms with Crippen LogP contribution in [-0.2, 0) is 4.79 Å². The molecule has 4 nitrogen and oxygen atoms in total. The van der Waals surface area contributed by atoms with E-state index in [-0.39, 0.29) is 12.0 Å². The Balaban J connectivity index is 1.76. The van der Waals surface area contributed by atoms with Crippen molar-refractivity contribution in [2.45, 2.75) is 32.4 Å².